The van der Waals surface area contributed by atoms with Crippen LogP contribution in [0, 0.1) is 5.92 Å². The Morgan fingerprint density at radius 3 is 2.64 bits per heavy atom. The highest BCUT2D eigenvalue weighted by Crippen LogP contribution is 2.19. The molecule has 1 fully saturated rings. The molecule has 4 heteroatoms. The van der Waals surface area contributed by atoms with E-state index in [0.29, 0.717) is 32.4 Å². The summed E-state index contributed by atoms with van der Waals surface area (Å²) in [7, 11) is 0. The molecule has 0 aliphatic carbocycles. The van der Waals surface area contributed by atoms with Crippen molar-refractivity contribution in [2.45, 2.75) is 19.3 Å². The van der Waals surface area contributed by atoms with Crippen molar-refractivity contribution in [1.82, 2.24) is 4.90 Å². The van der Waals surface area contributed by atoms with E-state index in [0.717, 1.165) is 5.56 Å². The Morgan fingerprint density at radius 1 is 1.14 bits per heavy atom. The Hall–Kier alpha value is -2.36. The van der Waals surface area contributed by atoms with Crippen molar-refractivity contribution < 1.29 is 14.7 Å². The number of hydrogen-bond donors (Lipinski definition) is 1. The molecule has 2 aromatic rings. The maximum Gasteiger partial charge on any atom is 0.308 e. The number of nitrogens with zero attached hydrogens (tertiary/aromatic N) is 1. The number of carboxylic acid groups (broad SMARTS) is 1. The molecule has 1 aliphatic rings. The number of hydrogen-bond acceptors (Lipinski definition) is 2. The van der Waals surface area contributed by atoms with Crippen molar-refractivity contribution in [2.24, 2.45) is 5.92 Å². The summed E-state index contributed by atoms with van der Waals surface area (Å²) in [6.45, 7) is 0.916. The van der Waals surface area contributed by atoms with E-state index in [1.165, 1.54) is 10.8 Å². The van der Waals surface area contributed by atoms with Crippen LogP contribution in [-0.2, 0) is 16.0 Å². The van der Waals surface area contributed by atoms with Gasteiger partial charge in [-0.25, -0.2) is 0 Å². The largest absolute Gasteiger partial charge is 0.481 e. The van der Waals surface area contributed by atoms with Gasteiger partial charge in [0.05, 0.1) is 5.92 Å². The molecule has 1 unspecified atom stereocenters. The van der Waals surface area contributed by atoms with Crippen LogP contribution in [0.2, 0.25) is 0 Å². The van der Waals surface area contributed by atoms with Crippen LogP contribution < -0.4 is 0 Å². The zero-order valence-electron chi connectivity index (χ0n) is 12.4. The normalized spacial score (nSPS) is 17.8. The van der Waals surface area contributed by atoms with Crippen molar-refractivity contribution in [3.05, 3.63) is 48.0 Å². The average Bonchev–Trinajstić information content (AvgIpc) is 3.03. The Kier molecular flexibility index (Phi) is 4.09. The van der Waals surface area contributed by atoms with Crippen LogP contribution in [0.3, 0.4) is 0 Å². The molecule has 1 N–H and O–H groups in total. The Balaban J connectivity index is 1.59. The third-order valence-electron chi connectivity index (χ3n) is 4.33. The molecule has 1 saturated heterocycles. The van der Waals surface area contributed by atoms with Gasteiger partial charge in [-0.15, -0.1) is 0 Å². The minimum atomic E-state index is -0.801. The predicted octanol–water partition coefficient (Wildman–Crippen LogP) is 2.71. The summed E-state index contributed by atoms with van der Waals surface area (Å²) in [6, 6.07) is 14.4. The Morgan fingerprint density at radius 2 is 1.91 bits per heavy atom. The molecule has 114 valence electrons. The summed E-state index contributed by atoms with van der Waals surface area (Å²) in [4.78, 5) is 24.8. The number of amides is 1. The molecule has 0 spiro atoms. The number of aryl methyl sites for hydroxylation is 1. The van der Waals surface area contributed by atoms with Crippen LogP contribution >= 0.6 is 0 Å². The van der Waals surface area contributed by atoms with Gasteiger partial charge in [0.2, 0.25) is 5.91 Å². The van der Waals surface area contributed by atoms with Crippen molar-refractivity contribution in [1.29, 1.82) is 0 Å². The average molecular weight is 297 g/mol. The smallest absolute Gasteiger partial charge is 0.308 e. The standard InChI is InChI=1S/C18H19NO3/c20-17(19-10-9-16(12-19)18(21)22)8-6-13-5-7-14-3-1-2-4-15(14)11-13/h1-5,7,11,16H,6,8-10,12H2,(H,21,22). The van der Waals surface area contributed by atoms with Gasteiger partial charge in [-0.3, -0.25) is 9.59 Å². The highest BCUT2D eigenvalue weighted by molar-refractivity contribution is 5.83. The van der Waals surface area contributed by atoms with Gasteiger partial charge in [0.15, 0.2) is 0 Å². The van der Waals surface area contributed by atoms with Crippen molar-refractivity contribution in [2.75, 3.05) is 13.1 Å². The molecule has 1 amide bonds. The van der Waals surface area contributed by atoms with Gasteiger partial charge >= 0.3 is 5.97 Å². The van der Waals surface area contributed by atoms with E-state index in [1.807, 2.05) is 12.1 Å². The Bertz CT molecular complexity index is 710. The second-order valence-corrected chi connectivity index (χ2v) is 5.85. The third-order valence-corrected chi connectivity index (χ3v) is 4.33. The summed E-state index contributed by atoms with van der Waals surface area (Å²) in [5.41, 5.74) is 1.14. The SMILES string of the molecule is O=C(O)C1CCN(C(=O)CCc2ccc3ccccc3c2)C1. The first-order chi connectivity index (χ1) is 10.6. The van der Waals surface area contributed by atoms with Crippen molar-refractivity contribution in [3.63, 3.8) is 0 Å². The fourth-order valence-electron chi connectivity index (χ4n) is 2.99. The Labute approximate surface area is 129 Å². The van der Waals surface area contributed by atoms with E-state index in [-0.39, 0.29) is 5.91 Å². The van der Waals surface area contributed by atoms with Crippen molar-refractivity contribution >= 4 is 22.6 Å². The van der Waals surface area contributed by atoms with Crippen LogP contribution in [0.4, 0.5) is 0 Å². The maximum atomic E-state index is 12.2. The predicted molar refractivity (Wildman–Crippen MR) is 84.6 cm³/mol. The number of likely N-dealkylation sites (tertiary alicyclic amines) is 1. The topological polar surface area (TPSA) is 57.6 Å². The molecule has 1 aliphatic heterocycles. The first-order valence-electron chi connectivity index (χ1n) is 7.62. The minimum absolute atomic E-state index is 0.0527. The second-order valence-electron chi connectivity index (χ2n) is 5.85. The minimum Gasteiger partial charge on any atom is -0.481 e. The van der Waals surface area contributed by atoms with E-state index < -0.39 is 11.9 Å². The zero-order chi connectivity index (χ0) is 15.5. The van der Waals surface area contributed by atoms with E-state index in [9.17, 15) is 9.59 Å². The summed E-state index contributed by atoms with van der Waals surface area (Å²) >= 11 is 0. The molecule has 2 aromatic carbocycles. The molecule has 1 heterocycles. The molecule has 22 heavy (non-hydrogen) atoms. The zero-order valence-corrected chi connectivity index (χ0v) is 12.4. The number of aliphatic carboxylic acids is 1. The molecule has 0 radical (unpaired) electrons. The highest BCUT2D eigenvalue weighted by atomic mass is 16.4. The van der Waals surface area contributed by atoms with Crippen LogP contribution in [0.1, 0.15) is 18.4 Å². The van der Waals surface area contributed by atoms with Gasteiger partial charge in [-0.1, -0.05) is 42.5 Å². The van der Waals surface area contributed by atoms with Crippen molar-refractivity contribution in [3.8, 4) is 0 Å². The van der Waals surface area contributed by atoms with E-state index >= 15 is 0 Å². The molecule has 3 rings (SSSR count). The highest BCUT2D eigenvalue weighted by Gasteiger charge is 2.30. The molecular weight excluding hydrogens is 278 g/mol. The molecule has 4 nitrogen and oxygen atoms in total. The van der Waals surface area contributed by atoms with Gasteiger partial charge in [0.25, 0.3) is 0 Å². The van der Waals surface area contributed by atoms with Crippen LogP contribution in [0.15, 0.2) is 42.5 Å². The lowest BCUT2D eigenvalue weighted by molar-refractivity contribution is -0.141. The fourth-order valence-corrected chi connectivity index (χ4v) is 2.99. The second kappa shape index (κ2) is 6.18. The lowest BCUT2D eigenvalue weighted by Gasteiger charge is -2.15. The molecular formula is C18H19NO3. The number of benzene rings is 2. The van der Waals surface area contributed by atoms with Gasteiger partial charge in [-0.05, 0) is 29.2 Å². The summed E-state index contributed by atoms with van der Waals surface area (Å²) in [5, 5.41) is 11.4. The third kappa shape index (κ3) is 3.11. The summed E-state index contributed by atoms with van der Waals surface area (Å²) in [5.74, 6) is -1.15. The molecule has 0 aromatic heterocycles. The van der Waals surface area contributed by atoms with E-state index in [2.05, 4.69) is 30.3 Å². The molecule has 0 bridgehead atoms. The lowest BCUT2D eigenvalue weighted by atomic mass is 10.0. The monoisotopic (exact) mass is 297 g/mol. The lowest BCUT2D eigenvalue weighted by Crippen LogP contribution is -2.30. The molecule has 1 atom stereocenters. The first-order valence-corrected chi connectivity index (χ1v) is 7.62. The van der Waals surface area contributed by atoms with E-state index in [4.69, 9.17) is 5.11 Å². The first kappa shape index (κ1) is 14.6. The molecule has 0 saturated carbocycles. The fraction of sp³-hybridized carbons (Fsp3) is 0.333. The van der Waals surface area contributed by atoms with Gasteiger partial charge in [0, 0.05) is 19.5 Å². The van der Waals surface area contributed by atoms with Crippen LogP contribution in [0.25, 0.3) is 10.8 Å². The van der Waals surface area contributed by atoms with Crippen LogP contribution in [-0.4, -0.2) is 35.0 Å². The van der Waals surface area contributed by atoms with Gasteiger partial charge < -0.3 is 10.0 Å². The number of carbonyl (C=O) groups is 2. The maximum absolute atomic E-state index is 12.2. The number of rotatable bonds is 4. The van der Waals surface area contributed by atoms with Crippen LogP contribution in [0.5, 0.6) is 0 Å². The van der Waals surface area contributed by atoms with Gasteiger partial charge in [-0.2, -0.15) is 0 Å². The summed E-state index contributed by atoms with van der Waals surface area (Å²) < 4.78 is 0. The number of fused-ring (bicyclic) bond motifs is 1. The number of carbonyl (C=O) groups excluding carboxylic acids is 1. The van der Waals surface area contributed by atoms with Gasteiger partial charge in [0.1, 0.15) is 0 Å². The van der Waals surface area contributed by atoms with E-state index in [1.54, 1.807) is 4.90 Å². The summed E-state index contributed by atoms with van der Waals surface area (Å²) in [6.07, 6.45) is 1.69. The quantitative estimate of drug-likeness (QED) is 0.944. The number of carboxylic acids is 1.